The van der Waals surface area contributed by atoms with Crippen molar-refractivity contribution < 1.29 is 9.53 Å². The Labute approximate surface area is 148 Å². The molecule has 2 aromatic rings. The first kappa shape index (κ1) is 16.5. The van der Waals surface area contributed by atoms with Crippen LogP contribution in [0.25, 0.3) is 11.0 Å². The quantitative estimate of drug-likeness (QED) is 0.838. The molecule has 1 aliphatic carbocycles. The number of fused-ring (bicyclic) bond motifs is 1. The van der Waals surface area contributed by atoms with Crippen molar-refractivity contribution in [1.82, 2.24) is 19.7 Å². The smallest absolute Gasteiger partial charge is 0.254 e. The molecule has 1 saturated heterocycles. The number of ether oxygens (including phenoxy) is 1. The number of nitrogens with zero attached hydrogens (tertiary/aromatic N) is 4. The highest BCUT2D eigenvalue weighted by atomic mass is 16.5. The molecule has 2 aromatic heterocycles. The minimum absolute atomic E-state index is 0.0970. The van der Waals surface area contributed by atoms with E-state index < -0.39 is 0 Å². The second-order valence-electron chi connectivity index (χ2n) is 7.35. The van der Waals surface area contributed by atoms with E-state index in [1.807, 2.05) is 31.9 Å². The van der Waals surface area contributed by atoms with Gasteiger partial charge >= 0.3 is 0 Å². The fourth-order valence-electron chi connectivity index (χ4n) is 3.79. The van der Waals surface area contributed by atoms with E-state index in [0.717, 1.165) is 54.2 Å². The van der Waals surface area contributed by atoms with Gasteiger partial charge in [-0.25, -0.2) is 4.98 Å². The molecule has 6 nitrogen and oxygen atoms in total. The van der Waals surface area contributed by atoms with Crippen molar-refractivity contribution in [1.29, 1.82) is 0 Å². The predicted octanol–water partition coefficient (Wildman–Crippen LogP) is 2.65. The zero-order valence-corrected chi connectivity index (χ0v) is 15.3. The lowest BCUT2D eigenvalue weighted by Gasteiger charge is -2.24. The van der Waals surface area contributed by atoms with Gasteiger partial charge in [0.25, 0.3) is 5.91 Å². The van der Waals surface area contributed by atoms with Crippen LogP contribution in [0.2, 0.25) is 0 Å². The van der Waals surface area contributed by atoms with Crippen molar-refractivity contribution in [2.24, 2.45) is 13.0 Å². The minimum Gasteiger partial charge on any atom is -0.381 e. The van der Waals surface area contributed by atoms with Crippen molar-refractivity contribution in [2.75, 3.05) is 26.3 Å². The van der Waals surface area contributed by atoms with Crippen LogP contribution in [0.15, 0.2) is 6.07 Å². The molecule has 0 spiro atoms. The number of hydrogen-bond acceptors (Lipinski definition) is 4. The fraction of sp³-hybridized carbons (Fsp3) is 0.632. The molecule has 1 saturated carbocycles. The molecular formula is C19H26N4O2. The van der Waals surface area contributed by atoms with Crippen LogP contribution in [0.4, 0.5) is 0 Å². The van der Waals surface area contributed by atoms with Gasteiger partial charge in [-0.15, -0.1) is 0 Å². The van der Waals surface area contributed by atoms with Gasteiger partial charge in [-0.2, -0.15) is 5.10 Å². The van der Waals surface area contributed by atoms with Crippen molar-refractivity contribution in [3.8, 4) is 0 Å². The number of rotatable bonds is 5. The number of aryl methyl sites for hydroxylation is 2. The maximum atomic E-state index is 13.4. The van der Waals surface area contributed by atoms with E-state index in [0.29, 0.717) is 18.4 Å². The van der Waals surface area contributed by atoms with E-state index >= 15 is 0 Å². The second-order valence-corrected chi connectivity index (χ2v) is 7.35. The molecule has 6 heteroatoms. The topological polar surface area (TPSA) is 60.2 Å². The first-order valence-corrected chi connectivity index (χ1v) is 9.29. The maximum absolute atomic E-state index is 13.4. The molecule has 134 valence electrons. The Balaban J connectivity index is 1.73. The lowest BCUT2D eigenvalue weighted by molar-refractivity contribution is 0.0732. The summed E-state index contributed by atoms with van der Waals surface area (Å²) >= 11 is 0. The molecule has 0 radical (unpaired) electrons. The second kappa shape index (κ2) is 6.41. The molecule has 25 heavy (non-hydrogen) atoms. The zero-order valence-electron chi connectivity index (χ0n) is 15.3. The van der Waals surface area contributed by atoms with Gasteiger partial charge in [-0.3, -0.25) is 9.48 Å². The summed E-state index contributed by atoms with van der Waals surface area (Å²) in [4.78, 5) is 20.1. The van der Waals surface area contributed by atoms with Gasteiger partial charge in [0.15, 0.2) is 5.65 Å². The third-order valence-electron chi connectivity index (χ3n) is 5.39. The molecule has 3 heterocycles. The Morgan fingerprint density at radius 3 is 2.84 bits per heavy atom. The van der Waals surface area contributed by atoms with Crippen LogP contribution in [-0.2, 0) is 11.8 Å². The summed E-state index contributed by atoms with van der Waals surface area (Å²) in [6.45, 7) is 7.04. The summed E-state index contributed by atoms with van der Waals surface area (Å²) in [6.07, 6.45) is 3.37. The number of carbonyl (C=O) groups excluding carboxylic acids is 1. The summed E-state index contributed by atoms with van der Waals surface area (Å²) < 4.78 is 7.28. The number of hydrogen-bond donors (Lipinski definition) is 0. The van der Waals surface area contributed by atoms with Crippen molar-refractivity contribution in [3.63, 3.8) is 0 Å². The third kappa shape index (κ3) is 3.03. The van der Waals surface area contributed by atoms with E-state index in [-0.39, 0.29) is 5.91 Å². The van der Waals surface area contributed by atoms with E-state index in [1.165, 1.54) is 12.8 Å². The van der Waals surface area contributed by atoms with Crippen LogP contribution in [0.5, 0.6) is 0 Å². The monoisotopic (exact) mass is 342 g/mol. The van der Waals surface area contributed by atoms with Gasteiger partial charge in [-0.05, 0) is 39.2 Å². The molecule has 0 aromatic carbocycles. The third-order valence-corrected chi connectivity index (χ3v) is 5.39. The summed E-state index contributed by atoms with van der Waals surface area (Å²) in [5, 5.41) is 5.41. The summed E-state index contributed by atoms with van der Waals surface area (Å²) in [7, 11) is 1.90. The molecule has 1 amide bonds. The Morgan fingerprint density at radius 1 is 1.40 bits per heavy atom. The molecule has 4 rings (SSSR count). The Bertz CT molecular complexity index is 803. The Morgan fingerprint density at radius 2 is 2.20 bits per heavy atom. The molecule has 0 bridgehead atoms. The molecule has 2 fully saturated rings. The zero-order chi connectivity index (χ0) is 17.6. The Kier molecular flexibility index (Phi) is 4.23. The van der Waals surface area contributed by atoms with E-state index in [4.69, 9.17) is 9.72 Å². The number of carbonyl (C=O) groups is 1. The lowest BCUT2D eigenvalue weighted by Crippen LogP contribution is -2.35. The van der Waals surface area contributed by atoms with Gasteiger partial charge in [-0.1, -0.05) is 0 Å². The maximum Gasteiger partial charge on any atom is 0.254 e. The van der Waals surface area contributed by atoms with Crippen LogP contribution < -0.4 is 0 Å². The van der Waals surface area contributed by atoms with E-state index in [1.54, 1.807) is 4.68 Å². The number of amides is 1. The highest BCUT2D eigenvalue weighted by Gasteiger charge is 2.30. The lowest BCUT2D eigenvalue weighted by atomic mass is 10.0. The van der Waals surface area contributed by atoms with Gasteiger partial charge < -0.3 is 9.64 Å². The summed E-state index contributed by atoms with van der Waals surface area (Å²) in [5.41, 5.74) is 3.50. The largest absolute Gasteiger partial charge is 0.381 e. The highest BCUT2D eigenvalue weighted by Crippen LogP contribution is 2.40. The molecule has 1 atom stereocenters. The molecule has 2 aliphatic rings. The van der Waals surface area contributed by atoms with E-state index in [2.05, 4.69) is 5.10 Å². The normalized spacial score (nSPS) is 20.4. The molecule has 1 aliphatic heterocycles. The van der Waals surface area contributed by atoms with Crippen molar-refractivity contribution in [2.45, 2.75) is 39.0 Å². The first-order chi connectivity index (χ1) is 12.1. The SMILES string of the molecule is CCN(C[C@H]1CCOC1)C(=O)c1cc(C2CC2)nc2c1c(C)nn2C. The average molecular weight is 342 g/mol. The van der Waals surface area contributed by atoms with Gasteiger partial charge in [0.2, 0.25) is 0 Å². The average Bonchev–Trinajstić information content (AvgIpc) is 3.26. The van der Waals surface area contributed by atoms with Gasteiger partial charge in [0.05, 0.1) is 23.3 Å². The highest BCUT2D eigenvalue weighted by molar-refractivity contribution is 6.06. The van der Waals surface area contributed by atoms with Crippen LogP contribution in [0, 0.1) is 12.8 Å². The Hall–Kier alpha value is -1.95. The standard InChI is InChI=1S/C19H26N4O2/c1-4-23(10-13-7-8-25-11-13)19(24)15-9-16(14-5-6-14)20-18-17(15)12(2)21-22(18)3/h9,13-14H,4-8,10-11H2,1-3H3/t13-/m1/s1. The minimum atomic E-state index is 0.0970. The van der Waals surface area contributed by atoms with Gasteiger partial charge in [0, 0.05) is 44.3 Å². The molecule has 0 N–H and O–H groups in total. The van der Waals surface area contributed by atoms with Crippen molar-refractivity contribution >= 4 is 16.9 Å². The number of aromatic nitrogens is 3. The van der Waals surface area contributed by atoms with Crippen LogP contribution in [0.1, 0.15) is 53.8 Å². The predicted molar refractivity (Wildman–Crippen MR) is 95.7 cm³/mol. The first-order valence-electron chi connectivity index (χ1n) is 9.29. The molecular weight excluding hydrogens is 316 g/mol. The van der Waals surface area contributed by atoms with E-state index in [9.17, 15) is 4.79 Å². The van der Waals surface area contributed by atoms with Gasteiger partial charge in [0.1, 0.15) is 0 Å². The van der Waals surface area contributed by atoms with Crippen molar-refractivity contribution in [3.05, 3.63) is 23.0 Å². The summed E-state index contributed by atoms with van der Waals surface area (Å²) in [5.74, 6) is 1.04. The fourth-order valence-corrected chi connectivity index (χ4v) is 3.79. The molecule has 0 unspecified atom stereocenters. The summed E-state index contributed by atoms with van der Waals surface area (Å²) in [6, 6.07) is 2.02. The van der Waals surface area contributed by atoms with Crippen LogP contribution in [-0.4, -0.2) is 51.9 Å². The number of pyridine rings is 1. The van der Waals surface area contributed by atoms with Crippen LogP contribution in [0.3, 0.4) is 0 Å². The van der Waals surface area contributed by atoms with Crippen LogP contribution >= 0.6 is 0 Å².